The first-order valence-electron chi connectivity index (χ1n) is 43.8. The van der Waals surface area contributed by atoms with E-state index >= 15 is 0 Å². The monoisotopic (exact) mass is 2230 g/mol. The van der Waals surface area contributed by atoms with Crippen molar-refractivity contribution in [3.63, 3.8) is 0 Å². The van der Waals surface area contributed by atoms with Crippen molar-refractivity contribution in [3.05, 3.63) is 355 Å². The highest BCUT2D eigenvalue weighted by Gasteiger charge is 2.29. The lowest BCUT2D eigenvalue weighted by atomic mass is 9.90. The molecule has 0 amide bonds. The predicted octanol–water partition coefficient (Wildman–Crippen LogP) is 23.8. The van der Waals surface area contributed by atoms with Gasteiger partial charge in [0.25, 0.3) is 60.1 Å². The lowest BCUT2D eigenvalue weighted by Crippen LogP contribution is -2.12. The Kier molecular flexibility index (Phi) is 29.5. The van der Waals surface area contributed by atoms with Gasteiger partial charge in [0.1, 0.15) is 34.5 Å². The van der Waals surface area contributed by atoms with Gasteiger partial charge < -0.3 is 30.6 Å². The minimum Gasteiger partial charge on any atom is -0.507 e. The molecule has 0 saturated heterocycles. The van der Waals surface area contributed by atoms with Crippen LogP contribution < -0.4 is 28.3 Å². The largest absolute Gasteiger partial charge is 0.507 e. The summed E-state index contributed by atoms with van der Waals surface area (Å²) in [6, 6.07) is 49.5. The van der Waals surface area contributed by atoms with E-state index < -0.39 is 133 Å². The Morgan fingerprint density at radius 1 is 0.180 bits per heavy atom. The number of fused-ring (bicyclic) bond motifs is 12. The van der Waals surface area contributed by atoms with Crippen LogP contribution in [0.2, 0.25) is 0 Å². The van der Waals surface area contributed by atoms with Crippen LogP contribution in [-0.2, 0) is 98.7 Å². The summed E-state index contributed by atoms with van der Waals surface area (Å²) in [5, 5.41) is 144. The Morgan fingerprint density at radius 3 is 0.400 bits per heavy atom. The fraction of sp³-hybridized carbons (Fsp3) is 0.0625. The summed E-state index contributed by atoms with van der Waals surface area (Å²) in [7, 11) is -25.0. The molecule has 12 N–H and O–H groups in total. The molecule has 0 radical (unpaired) electrons. The molecule has 42 nitrogen and oxygen atoms in total. The SMILES string of the molecule is O=S(=O)(Nc1nccs1)c1ccc(N=Nc2cc3c(O)c(c2)Cc2cc(N=Nc4ccc(S(=O)(=O)Nc5nccs5)cc4)cc(c2O)Cc2cc(N=Nc4ccc(S(=O)(=O)Nc5nccs5)cc4)cc(c2O)Cc2cc(N=Nc4ccc(S(=O)(=O)Nc5nccs5)cc4)cc(c2O)Cc2cc(N=Nc4ccc(S(=O)(=O)Nc5nccs5)cc4)cc(c2O)Cc2cc(N=Nc4ccc(S(=O)(=O)Nc5nccs5)cc4)cc(c2O)C3)cc1. The average molecular weight is 2230 g/mol. The van der Waals surface area contributed by atoms with Gasteiger partial charge in [-0.05, 0) is 218 Å². The number of anilines is 6. The summed E-state index contributed by atoms with van der Waals surface area (Å²) >= 11 is 6.37. The number of thiazole rings is 6. The van der Waals surface area contributed by atoms with E-state index in [2.05, 4.69) is 120 Å². The van der Waals surface area contributed by atoms with Crippen LogP contribution in [0.3, 0.4) is 0 Å². The lowest BCUT2D eigenvalue weighted by Gasteiger charge is -2.18. The van der Waals surface area contributed by atoms with Crippen molar-refractivity contribution in [2.24, 2.45) is 61.4 Å². The van der Waals surface area contributed by atoms with Gasteiger partial charge in [0.2, 0.25) is 0 Å². The fourth-order valence-corrected chi connectivity index (χ4v) is 25.9. The van der Waals surface area contributed by atoms with Gasteiger partial charge in [-0.15, -0.1) is 68.0 Å². The van der Waals surface area contributed by atoms with Crippen LogP contribution in [0, 0.1) is 0 Å². The molecule has 1 aliphatic rings. The standard InChI is InChI=1S/C96H72N24O18S12/c121-85-55-37-57-45-74(110-104-68-3-15-80(16-4-68)146(129,130)116-92-98-26-32-140-92)47-59(86(57)122)39-61-49-76(112-106-70-7-19-82(20-8-70)148(133,134)118-94-100-28-34-142-94)51-63(88(61)124)41-65-53-78(114-108-72-11-23-84(24-12-72)150(137,138)120-96-102-30-36-144-96)54-66(90(65)126)42-64-52-77(113-107-71-9-21-83(22-10-71)149(135,136)119-95-101-29-35-143-95)50-62(89(64)125)40-60-48-75(111-105-69-5-17-81(18-6-69)147(131,132)117-93-99-27-33-141-93)46-58(87(60)123)38-56(85)44-73(43-55)109-103-67-1-13-79(14-2-67)145(127,128)115-91-97-25-31-139-91/h1-36,43-54,121-126H,37-42H2,(H,97,115)(H,98,116)(H,99,117)(H,100,118)(H,101,119)(H,102,120). The number of sulfonamides is 6. The molecule has 6 heterocycles. The maximum absolute atomic E-state index is 13.6. The highest BCUT2D eigenvalue weighted by atomic mass is 32.2. The number of benzene rings is 12. The van der Waals surface area contributed by atoms with Gasteiger partial charge in [0.15, 0.2) is 30.8 Å². The lowest BCUT2D eigenvalue weighted by molar-refractivity contribution is 0.451. The van der Waals surface area contributed by atoms with E-state index in [-0.39, 0.29) is 195 Å². The van der Waals surface area contributed by atoms with Crippen LogP contribution in [0.1, 0.15) is 66.8 Å². The average Bonchev–Trinajstić information content (AvgIpc) is 1.06. The molecule has 6 aromatic heterocycles. The first kappa shape index (κ1) is 102. The van der Waals surface area contributed by atoms with E-state index in [1.807, 2.05) is 0 Å². The van der Waals surface area contributed by atoms with E-state index in [4.69, 9.17) is 0 Å². The Labute approximate surface area is 877 Å². The highest BCUT2D eigenvalue weighted by molar-refractivity contribution is 7.94. The molecule has 0 aliphatic heterocycles. The quantitative estimate of drug-likeness (QED) is 0.0186. The van der Waals surface area contributed by atoms with E-state index in [0.29, 0.717) is 0 Å². The third-order valence-corrected chi connectivity index (χ3v) is 35.3. The zero-order valence-corrected chi connectivity index (χ0v) is 86.3. The second-order valence-corrected chi connectivity index (χ2v) is 48.0. The number of aromatic nitrogens is 6. The number of rotatable bonds is 30. The fourth-order valence-electron chi connectivity index (χ4n) is 15.2. The van der Waals surface area contributed by atoms with E-state index in [0.717, 1.165) is 68.0 Å². The number of hydrogen-bond acceptors (Lipinski definition) is 42. The summed E-state index contributed by atoms with van der Waals surface area (Å²) < 4.78 is 178. The molecule has 0 fully saturated rings. The Balaban J connectivity index is 0.796. The van der Waals surface area contributed by atoms with Gasteiger partial charge >= 0.3 is 0 Å². The van der Waals surface area contributed by atoms with Crippen molar-refractivity contribution in [1.29, 1.82) is 0 Å². The van der Waals surface area contributed by atoms with Gasteiger partial charge in [-0.25, -0.2) is 80.4 Å². The summed E-state index contributed by atoms with van der Waals surface area (Å²) in [5.41, 5.74) is 1.05. The number of phenols is 6. The Bertz CT molecular complexity index is 7580. The molecule has 18 aromatic rings. The highest BCUT2D eigenvalue weighted by Crippen LogP contribution is 2.47. The molecule has 756 valence electrons. The minimum atomic E-state index is -4.17. The van der Waals surface area contributed by atoms with Gasteiger partial charge in [-0.3, -0.25) is 28.3 Å². The second kappa shape index (κ2) is 43.4. The molecule has 0 spiro atoms. The van der Waals surface area contributed by atoms with Gasteiger partial charge in [-0.1, -0.05) is 0 Å². The van der Waals surface area contributed by atoms with Crippen LogP contribution >= 0.6 is 68.0 Å². The van der Waals surface area contributed by atoms with Crippen molar-refractivity contribution < 1.29 is 81.1 Å². The third-order valence-electron chi connectivity index (χ3n) is 22.3. The molecular formula is C96H72N24O18S12. The molecule has 19 rings (SSSR count). The van der Waals surface area contributed by atoms with E-state index in [9.17, 15) is 81.1 Å². The number of nitrogens with zero attached hydrogens (tertiary/aromatic N) is 18. The number of hydrogen-bond donors (Lipinski definition) is 12. The first-order valence-corrected chi connectivity index (χ1v) is 58.0. The van der Waals surface area contributed by atoms with Crippen LogP contribution in [-0.4, -0.2) is 111 Å². The maximum Gasteiger partial charge on any atom is 0.263 e. The molecular weight excluding hydrogens is 2160 g/mol. The van der Waals surface area contributed by atoms with Crippen LogP contribution in [0.4, 0.5) is 99.0 Å². The van der Waals surface area contributed by atoms with Gasteiger partial charge in [0, 0.05) is 175 Å². The summed E-state index contributed by atoms with van der Waals surface area (Å²) in [6.45, 7) is 0. The van der Waals surface area contributed by atoms with Crippen molar-refractivity contribution in [1.82, 2.24) is 29.9 Å². The molecule has 1 aliphatic carbocycles. The molecule has 12 aromatic carbocycles. The zero-order chi connectivity index (χ0) is 105. The van der Waals surface area contributed by atoms with Crippen molar-refractivity contribution >= 4 is 227 Å². The van der Waals surface area contributed by atoms with Crippen molar-refractivity contribution in [2.75, 3.05) is 28.3 Å². The molecule has 0 atom stereocenters. The Morgan fingerprint density at radius 2 is 0.293 bits per heavy atom. The molecule has 0 unspecified atom stereocenters. The molecule has 0 saturated carbocycles. The van der Waals surface area contributed by atoms with Crippen molar-refractivity contribution in [3.8, 4) is 34.5 Å². The molecule has 54 heteroatoms. The Hall–Kier alpha value is -16.7. The van der Waals surface area contributed by atoms with E-state index in [1.54, 1.807) is 32.3 Å². The van der Waals surface area contributed by atoms with E-state index in [1.165, 1.54) is 256 Å². The summed E-state index contributed by atoms with van der Waals surface area (Å²) in [6.07, 6.45) is 5.94. The number of nitrogens with one attached hydrogen (secondary N) is 6. The smallest absolute Gasteiger partial charge is 0.263 e. The molecule has 12 bridgehead atoms. The first-order chi connectivity index (χ1) is 72.1. The zero-order valence-electron chi connectivity index (χ0n) is 76.5. The van der Waals surface area contributed by atoms with Gasteiger partial charge in [-0.2, -0.15) is 61.4 Å². The number of phenolic OH excluding ortho intramolecular Hbond substituents is 6. The van der Waals surface area contributed by atoms with Crippen LogP contribution in [0.5, 0.6) is 34.5 Å². The minimum absolute atomic E-state index is 0.0132. The number of azo groups is 6. The van der Waals surface area contributed by atoms with Crippen molar-refractivity contribution in [2.45, 2.75) is 67.9 Å². The van der Waals surface area contributed by atoms with Gasteiger partial charge in [0.05, 0.1) is 97.6 Å². The van der Waals surface area contributed by atoms with Crippen LogP contribution in [0.25, 0.3) is 0 Å². The summed E-state index contributed by atoms with van der Waals surface area (Å²) in [4.78, 5) is 23.3. The second-order valence-electron chi connectivity index (χ2n) is 32.6. The maximum atomic E-state index is 13.6. The summed E-state index contributed by atoms with van der Waals surface area (Å²) in [5.74, 6) is -2.76. The van der Waals surface area contributed by atoms with Crippen LogP contribution in [0.15, 0.2) is 379 Å². The molecule has 150 heavy (non-hydrogen) atoms. The normalized spacial score (nSPS) is 13.0. The predicted molar refractivity (Wildman–Crippen MR) is 567 cm³/mol. The number of aromatic hydroxyl groups is 6. The third kappa shape index (κ3) is 24.6. The topological polar surface area (TPSA) is 624 Å².